The van der Waals surface area contributed by atoms with Crippen molar-refractivity contribution in [1.82, 2.24) is 0 Å². The summed E-state index contributed by atoms with van der Waals surface area (Å²) in [5.41, 5.74) is 1.37. The quantitative estimate of drug-likeness (QED) is 0.534. The van der Waals surface area contributed by atoms with Crippen molar-refractivity contribution in [3.63, 3.8) is 0 Å². The molecule has 0 aliphatic rings. The Morgan fingerprint density at radius 1 is 1.36 bits per heavy atom. The molecule has 0 aromatic rings. The van der Waals surface area contributed by atoms with Crippen LogP contribution in [0, 0.1) is 0 Å². The second-order valence-electron chi connectivity index (χ2n) is 2.14. The van der Waals surface area contributed by atoms with Crippen molar-refractivity contribution < 1.29 is 4.43 Å². The second-order valence-corrected chi connectivity index (χ2v) is 5.61. The van der Waals surface area contributed by atoms with Crippen molar-refractivity contribution in [2.45, 2.75) is 24.0 Å². The van der Waals surface area contributed by atoms with Crippen LogP contribution >= 0.6 is 34.8 Å². The lowest BCUT2D eigenvalue weighted by Gasteiger charge is -2.16. The third-order valence-electron chi connectivity index (χ3n) is 0.883. The van der Waals surface area contributed by atoms with E-state index in [4.69, 9.17) is 39.2 Å². The summed E-state index contributed by atoms with van der Waals surface area (Å²) in [6.45, 7) is 4.02. The molecular weight excluding hydrogens is 223 g/mol. The summed E-state index contributed by atoms with van der Waals surface area (Å²) in [6, 6.07) is 0. The molecule has 0 heterocycles. The van der Waals surface area contributed by atoms with Crippen molar-refractivity contribution in [3.05, 3.63) is 11.6 Å². The molecule has 0 saturated heterocycles. The lowest BCUT2D eigenvalue weighted by Crippen LogP contribution is -2.24. The Balaban J connectivity index is 3.89. The monoisotopic (exact) mass is 231 g/mol. The predicted molar refractivity (Wildman–Crippen MR) is 52.8 cm³/mol. The van der Waals surface area contributed by atoms with E-state index < -0.39 is 13.9 Å². The predicted octanol–water partition coefficient (Wildman–Crippen LogP) is 3.18. The Hall–Kier alpha value is 0.787. The van der Waals surface area contributed by atoms with Gasteiger partial charge in [-0.15, -0.1) is 23.2 Å². The molecule has 0 aromatic carbocycles. The smallest absolute Gasteiger partial charge is 0.205 e. The van der Waals surface area contributed by atoms with E-state index in [0.717, 1.165) is 0 Å². The molecule has 0 N–H and O–H groups in total. The molecule has 0 aromatic heterocycles. The van der Waals surface area contributed by atoms with Crippen molar-refractivity contribution >= 4 is 43.8 Å². The van der Waals surface area contributed by atoms with E-state index in [0.29, 0.717) is 0 Å². The zero-order valence-electron chi connectivity index (χ0n) is 6.35. The fourth-order valence-corrected chi connectivity index (χ4v) is 1.86. The average molecular weight is 233 g/mol. The fourth-order valence-electron chi connectivity index (χ4n) is 0.519. The molecule has 1 atom stereocenters. The Kier molecular flexibility index (Phi) is 6.77. The van der Waals surface area contributed by atoms with Crippen LogP contribution in [-0.2, 0) is 4.43 Å². The Morgan fingerprint density at radius 3 is 2.18 bits per heavy atom. The first-order valence-corrected chi connectivity index (χ1v) is 6.81. The molecule has 0 saturated carbocycles. The molecule has 5 heteroatoms. The van der Waals surface area contributed by atoms with Crippen LogP contribution in [0.3, 0.4) is 0 Å². The van der Waals surface area contributed by atoms with Gasteiger partial charge in [0, 0.05) is 5.54 Å². The SMILES string of the molecule is C[Si](C)OC(/C=C/Cl)C(Cl)Cl. The summed E-state index contributed by atoms with van der Waals surface area (Å²) in [6.07, 6.45) is 1.36. The van der Waals surface area contributed by atoms with E-state index in [-0.39, 0.29) is 6.10 Å². The molecule has 0 rings (SSSR count). The number of alkyl halides is 2. The van der Waals surface area contributed by atoms with Gasteiger partial charge in [0.05, 0.1) is 6.10 Å². The first kappa shape index (κ1) is 11.8. The molecule has 0 spiro atoms. The fraction of sp³-hybridized carbons (Fsp3) is 0.667. The maximum Gasteiger partial charge on any atom is 0.205 e. The number of hydrogen-bond donors (Lipinski definition) is 0. The molecule has 1 nitrogen and oxygen atoms in total. The topological polar surface area (TPSA) is 9.23 Å². The van der Waals surface area contributed by atoms with Crippen LogP contribution in [-0.4, -0.2) is 20.0 Å². The molecule has 65 valence electrons. The Labute approximate surface area is 84.0 Å². The second kappa shape index (κ2) is 6.32. The molecule has 0 aliphatic carbocycles. The minimum atomic E-state index is -0.779. The van der Waals surface area contributed by atoms with Crippen molar-refractivity contribution in [2.75, 3.05) is 0 Å². The van der Waals surface area contributed by atoms with Crippen molar-refractivity contribution in [1.29, 1.82) is 0 Å². The standard InChI is InChI=1S/C6H10Cl3OSi/c1-11(2)10-5(3-4-7)6(8)9/h3-6H,1-2H3/b4-3+. The largest absolute Gasteiger partial charge is 0.408 e. The van der Waals surface area contributed by atoms with Crippen LogP contribution in [0.4, 0.5) is 0 Å². The molecule has 0 bridgehead atoms. The first-order chi connectivity index (χ1) is 5.07. The van der Waals surface area contributed by atoms with Gasteiger partial charge in [-0.2, -0.15) is 0 Å². The molecule has 0 aliphatic heterocycles. The highest BCUT2D eigenvalue weighted by molar-refractivity contribution is 6.49. The summed E-state index contributed by atoms with van der Waals surface area (Å²) >= 11 is 16.6. The maximum atomic E-state index is 5.61. The van der Waals surface area contributed by atoms with Crippen LogP contribution in [0.2, 0.25) is 13.1 Å². The van der Waals surface area contributed by atoms with E-state index in [1.165, 1.54) is 5.54 Å². The van der Waals surface area contributed by atoms with Crippen LogP contribution in [0.1, 0.15) is 0 Å². The van der Waals surface area contributed by atoms with Gasteiger partial charge in [0.25, 0.3) is 0 Å². The third kappa shape index (κ3) is 5.99. The van der Waals surface area contributed by atoms with Crippen molar-refractivity contribution in [2.24, 2.45) is 0 Å². The summed E-state index contributed by atoms with van der Waals surface area (Å²) < 4.78 is 5.42. The lowest BCUT2D eigenvalue weighted by atomic mass is 10.4. The summed E-state index contributed by atoms with van der Waals surface area (Å²) in [5.74, 6) is 0. The Morgan fingerprint density at radius 2 is 1.91 bits per heavy atom. The van der Waals surface area contributed by atoms with Gasteiger partial charge in [-0.05, 0) is 19.2 Å². The summed E-state index contributed by atoms with van der Waals surface area (Å²) in [4.78, 5) is -0.551. The molecule has 1 radical (unpaired) electrons. The van der Waals surface area contributed by atoms with Gasteiger partial charge < -0.3 is 4.43 Å². The van der Waals surface area contributed by atoms with E-state index in [1.54, 1.807) is 6.08 Å². The first-order valence-electron chi connectivity index (χ1n) is 3.09. The van der Waals surface area contributed by atoms with E-state index in [1.807, 2.05) is 13.1 Å². The third-order valence-corrected chi connectivity index (χ3v) is 2.27. The summed E-state index contributed by atoms with van der Waals surface area (Å²) in [5, 5.41) is 0. The van der Waals surface area contributed by atoms with Gasteiger partial charge in [0.1, 0.15) is 4.84 Å². The molecule has 1 unspecified atom stereocenters. The van der Waals surface area contributed by atoms with Crippen LogP contribution in [0.15, 0.2) is 11.6 Å². The van der Waals surface area contributed by atoms with Crippen molar-refractivity contribution in [3.8, 4) is 0 Å². The minimum Gasteiger partial charge on any atom is -0.408 e. The highest BCUT2D eigenvalue weighted by Gasteiger charge is 2.15. The zero-order valence-corrected chi connectivity index (χ0v) is 9.62. The molecular formula is C6H10Cl3OSi. The zero-order chi connectivity index (χ0) is 8.85. The van der Waals surface area contributed by atoms with E-state index >= 15 is 0 Å². The van der Waals surface area contributed by atoms with Gasteiger partial charge in [-0.1, -0.05) is 11.6 Å². The van der Waals surface area contributed by atoms with Gasteiger partial charge in [0.15, 0.2) is 0 Å². The number of halogens is 3. The van der Waals surface area contributed by atoms with Gasteiger partial charge in [0.2, 0.25) is 9.04 Å². The molecule has 11 heavy (non-hydrogen) atoms. The van der Waals surface area contributed by atoms with Crippen LogP contribution in [0.25, 0.3) is 0 Å². The van der Waals surface area contributed by atoms with Crippen LogP contribution in [0.5, 0.6) is 0 Å². The van der Waals surface area contributed by atoms with E-state index in [9.17, 15) is 0 Å². The summed E-state index contributed by atoms with van der Waals surface area (Å²) in [7, 11) is -0.779. The van der Waals surface area contributed by atoms with Gasteiger partial charge >= 0.3 is 0 Å². The Bertz CT molecular complexity index is 127. The van der Waals surface area contributed by atoms with Gasteiger partial charge in [-0.25, -0.2) is 0 Å². The van der Waals surface area contributed by atoms with Gasteiger partial charge in [-0.3, -0.25) is 0 Å². The number of hydrogen-bond acceptors (Lipinski definition) is 1. The average Bonchev–Trinajstić information content (AvgIpc) is 1.86. The highest BCUT2D eigenvalue weighted by Crippen LogP contribution is 2.14. The highest BCUT2D eigenvalue weighted by atomic mass is 35.5. The molecule has 0 amide bonds. The molecule has 0 fully saturated rings. The maximum absolute atomic E-state index is 5.61. The van der Waals surface area contributed by atoms with Crippen LogP contribution < -0.4 is 0 Å². The lowest BCUT2D eigenvalue weighted by molar-refractivity contribution is 0.270. The minimum absolute atomic E-state index is 0.278. The van der Waals surface area contributed by atoms with E-state index in [2.05, 4.69) is 0 Å². The normalized spacial score (nSPS) is 15.2. The number of rotatable bonds is 4.